The van der Waals surface area contributed by atoms with Crippen LogP contribution in [0.5, 0.6) is 0 Å². The maximum Gasteiger partial charge on any atom is 0.228 e. The lowest BCUT2D eigenvalue weighted by Crippen LogP contribution is -2.14. The summed E-state index contributed by atoms with van der Waals surface area (Å²) in [4.78, 5) is 17.6. The van der Waals surface area contributed by atoms with Gasteiger partial charge >= 0.3 is 0 Å². The van der Waals surface area contributed by atoms with Crippen molar-refractivity contribution in [3.05, 3.63) is 77.7 Å². The quantitative estimate of drug-likeness (QED) is 0.593. The fourth-order valence-corrected chi connectivity index (χ4v) is 3.28. The molecule has 124 valence electrons. The third-order valence-electron chi connectivity index (χ3n) is 3.84. The molecule has 0 radical (unpaired) electrons. The molecule has 1 amide bonds. The molecular formula is C19H14FN3OS. The van der Waals surface area contributed by atoms with Gasteiger partial charge in [-0.3, -0.25) is 9.20 Å². The van der Waals surface area contributed by atoms with Crippen LogP contribution >= 0.6 is 11.3 Å². The molecule has 0 aliphatic rings. The molecule has 0 saturated heterocycles. The third-order valence-corrected chi connectivity index (χ3v) is 4.61. The fraction of sp³-hybridized carbons (Fsp3) is 0.0526. The summed E-state index contributed by atoms with van der Waals surface area (Å²) in [6.07, 6.45) is 4.16. The summed E-state index contributed by atoms with van der Waals surface area (Å²) >= 11 is 1.59. The molecule has 4 rings (SSSR count). The fourth-order valence-electron chi connectivity index (χ4n) is 2.58. The van der Waals surface area contributed by atoms with Crippen LogP contribution in [0.2, 0.25) is 0 Å². The standard InChI is InChI=1S/C19H14FN3OS/c20-15-5-1-13(2-6-15)11-18(24)21-16-7-3-14(4-8-16)17-12-23-9-10-25-19(23)22-17/h1-10,12H,11H2,(H,21,24). The number of halogens is 1. The molecule has 4 nitrogen and oxygen atoms in total. The van der Waals surface area contributed by atoms with Crippen LogP contribution in [0.25, 0.3) is 16.2 Å². The number of amides is 1. The average molecular weight is 351 g/mol. The van der Waals surface area contributed by atoms with E-state index in [0.29, 0.717) is 0 Å². The van der Waals surface area contributed by atoms with E-state index in [4.69, 9.17) is 0 Å². The van der Waals surface area contributed by atoms with Crippen molar-refractivity contribution in [2.75, 3.05) is 5.32 Å². The first-order valence-corrected chi connectivity index (χ1v) is 8.62. The Bertz CT molecular complexity index is 990. The van der Waals surface area contributed by atoms with E-state index >= 15 is 0 Å². The van der Waals surface area contributed by atoms with E-state index in [-0.39, 0.29) is 18.1 Å². The van der Waals surface area contributed by atoms with Crippen molar-refractivity contribution in [1.29, 1.82) is 0 Å². The SMILES string of the molecule is O=C(Cc1ccc(F)cc1)Nc1ccc(-c2cn3ccsc3n2)cc1. The molecule has 0 saturated carbocycles. The average Bonchev–Trinajstić information content (AvgIpc) is 3.19. The van der Waals surface area contributed by atoms with Gasteiger partial charge in [-0.25, -0.2) is 9.37 Å². The van der Waals surface area contributed by atoms with Crippen LogP contribution in [0.4, 0.5) is 10.1 Å². The van der Waals surface area contributed by atoms with Gasteiger partial charge in [-0.1, -0.05) is 24.3 Å². The third kappa shape index (κ3) is 3.44. The second-order valence-corrected chi connectivity index (χ2v) is 6.52. The zero-order chi connectivity index (χ0) is 17.2. The van der Waals surface area contributed by atoms with Crippen molar-refractivity contribution in [3.8, 4) is 11.3 Å². The highest BCUT2D eigenvalue weighted by molar-refractivity contribution is 7.15. The Balaban J connectivity index is 1.43. The van der Waals surface area contributed by atoms with E-state index in [2.05, 4.69) is 10.3 Å². The summed E-state index contributed by atoms with van der Waals surface area (Å²) in [5, 5.41) is 4.84. The van der Waals surface area contributed by atoms with E-state index in [1.54, 1.807) is 23.5 Å². The summed E-state index contributed by atoms with van der Waals surface area (Å²) < 4.78 is 14.9. The zero-order valence-corrected chi connectivity index (χ0v) is 14.0. The molecule has 0 spiro atoms. The van der Waals surface area contributed by atoms with Crippen molar-refractivity contribution < 1.29 is 9.18 Å². The van der Waals surface area contributed by atoms with Crippen molar-refractivity contribution in [2.45, 2.75) is 6.42 Å². The first-order chi connectivity index (χ1) is 12.2. The summed E-state index contributed by atoms with van der Waals surface area (Å²) in [7, 11) is 0. The van der Waals surface area contributed by atoms with Gasteiger partial charge in [-0.05, 0) is 29.8 Å². The van der Waals surface area contributed by atoms with Crippen LogP contribution in [-0.2, 0) is 11.2 Å². The second kappa shape index (κ2) is 6.49. The number of anilines is 1. The molecule has 0 aliphatic heterocycles. The Hall–Kier alpha value is -2.99. The molecule has 2 heterocycles. The van der Waals surface area contributed by atoms with E-state index in [1.165, 1.54) is 12.1 Å². The molecular weight excluding hydrogens is 337 g/mol. The van der Waals surface area contributed by atoms with Crippen molar-refractivity contribution >= 4 is 27.9 Å². The molecule has 0 unspecified atom stereocenters. The summed E-state index contributed by atoms with van der Waals surface area (Å²) in [5.41, 5.74) is 3.38. The molecule has 6 heteroatoms. The number of thiazole rings is 1. The minimum Gasteiger partial charge on any atom is -0.326 e. The zero-order valence-electron chi connectivity index (χ0n) is 13.1. The predicted octanol–water partition coefficient (Wildman–Crippen LogP) is 4.38. The number of aromatic nitrogens is 2. The Labute approximate surface area is 147 Å². The summed E-state index contributed by atoms with van der Waals surface area (Å²) in [6.45, 7) is 0. The number of rotatable bonds is 4. The molecule has 0 fully saturated rings. The van der Waals surface area contributed by atoms with Gasteiger partial charge in [0.05, 0.1) is 12.1 Å². The van der Waals surface area contributed by atoms with Crippen molar-refractivity contribution in [1.82, 2.24) is 9.38 Å². The van der Waals surface area contributed by atoms with Gasteiger partial charge in [-0.15, -0.1) is 11.3 Å². The van der Waals surface area contributed by atoms with Crippen LogP contribution < -0.4 is 5.32 Å². The molecule has 1 N–H and O–H groups in total. The van der Waals surface area contributed by atoms with Gasteiger partial charge in [0.15, 0.2) is 4.96 Å². The molecule has 2 aromatic carbocycles. The number of nitrogens with one attached hydrogen (secondary N) is 1. The highest BCUT2D eigenvalue weighted by Gasteiger charge is 2.07. The van der Waals surface area contributed by atoms with Gasteiger partial charge in [0.2, 0.25) is 5.91 Å². The molecule has 25 heavy (non-hydrogen) atoms. The first kappa shape index (κ1) is 15.5. The van der Waals surface area contributed by atoms with Crippen molar-refractivity contribution in [2.24, 2.45) is 0 Å². The minimum absolute atomic E-state index is 0.137. The molecule has 2 aromatic heterocycles. The lowest BCUT2D eigenvalue weighted by Gasteiger charge is -2.06. The minimum atomic E-state index is -0.307. The largest absolute Gasteiger partial charge is 0.326 e. The van der Waals surface area contributed by atoms with E-state index < -0.39 is 0 Å². The maximum atomic E-state index is 12.9. The van der Waals surface area contributed by atoms with Gasteiger partial charge in [0.1, 0.15) is 5.82 Å². The number of benzene rings is 2. The number of hydrogen-bond acceptors (Lipinski definition) is 3. The maximum absolute atomic E-state index is 12.9. The van der Waals surface area contributed by atoms with E-state index in [1.807, 2.05) is 46.4 Å². The van der Waals surface area contributed by atoms with Crippen LogP contribution in [0.15, 0.2) is 66.3 Å². The summed E-state index contributed by atoms with van der Waals surface area (Å²) in [6, 6.07) is 13.5. The van der Waals surface area contributed by atoms with Crippen LogP contribution in [0.3, 0.4) is 0 Å². The Morgan fingerprint density at radius 2 is 1.88 bits per heavy atom. The van der Waals surface area contributed by atoms with Crippen molar-refractivity contribution in [3.63, 3.8) is 0 Å². The number of carbonyl (C=O) groups is 1. The lowest BCUT2D eigenvalue weighted by molar-refractivity contribution is -0.115. The van der Waals surface area contributed by atoms with Crippen LogP contribution in [0.1, 0.15) is 5.56 Å². The first-order valence-electron chi connectivity index (χ1n) is 7.74. The number of imidazole rings is 1. The van der Waals surface area contributed by atoms with Crippen LogP contribution in [0, 0.1) is 5.82 Å². The Morgan fingerprint density at radius 3 is 2.60 bits per heavy atom. The Morgan fingerprint density at radius 1 is 1.12 bits per heavy atom. The number of fused-ring (bicyclic) bond motifs is 1. The Kier molecular flexibility index (Phi) is 4.03. The monoisotopic (exact) mass is 351 g/mol. The highest BCUT2D eigenvalue weighted by atomic mass is 32.1. The van der Waals surface area contributed by atoms with Gasteiger partial charge < -0.3 is 5.32 Å². The lowest BCUT2D eigenvalue weighted by atomic mass is 10.1. The summed E-state index contributed by atoms with van der Waals surface area (Å²) in [5.74, 6) is -0.444. The molecule has 0 bridgehead atoms. The topological polar surface area (TPSA) is 46.4 Å². The van der Waals surface area contributed by atoms with E-state index in [0.717, 1.165) is 27.5 Å². The molecule has 0 aliphatic carbocycles. The normalized spacial score (nSPS) is 10.9. The van der Waals surface area contributed by atoms with Crippen LogP contribution in [-0.4, -0.2) is 15.3 Å². The predicted molar refractivity (Wildman–Crippen MR) is 97.2 cm³/mol. The number of nitrogens with zero attached hydrogens (tertiary/aromatic N) is 2. The molecule has 4 aromatic rings. The van der Waals surface area contributed by atoms with Gasteiger partial charge in [0, 0.05) is 29.0 Å². The van der Waals surface area contributed by atoms with E-state index in [9.17, 15) is 9.18 Å². The molecule has 0 atom stereocenters. The number of hydrogen-bond donors (Lipinski definition) is 1. The smallest absolute Gasteiger partial charge is 0.228 e. The second-order valence-electron chi connectivity index (χ2n) is 5.65. The van der Waals surface area contributed by atoms with Gasteiger partial charge in [-0.2, -0.15) is 0 Å². The highest BCUT2D eigenvalue weighted by Crippen LogP contribution is 2.23. The van der Waals surface area contributed by atoms with Gasteiger partial charge in [0.25, 0.3) is 0 Å². The number of carbonyl (C=O) groups excluding carboxylic acids is 1.